The molecule has 5 heteroatoms. The third-order valence-corrected chi connectivity index (χ3v) is 4.35. The Morgan fingerprint density at radius 2 is 2.21 bits per heavy atom. The van der Waals surface area contributed by atoms with E-state index in [1.54, 1.807) is 11.3 Å². The Kier molecular flexibility index (Phi) is 4.27. The molecule has 0 aliphatic heterocycles. The lowest BCUT2D eigenvalue weighted by molar-refractivity contribution is 0.581. The first-order valence-corrected chi connectivity index (χ1v) is 7.35. The van der Waals surface area contributed by atoms with E-state index in [4.69, 9.17) is 0 Å². The van der Waals surface area contributed by atoms with Gasteiger partial charge in [0.2, 0.25) is 0 Å². The Morgan fingerprint density at radius 1 is 1.47 bits per heavy atom. The van der Waals surface area contributed by atoms with Crippen LogP contribution in [0.2, 0.25) is 0 Å². The summed E-state index contributed by atoms with van der Waals surface area (Å²) in [7, 11) is 6.11. The first-order valence-electron chi connectivity index (χ1n) is 6.47. The highest BCUT2D eigenvalue weighted by Gasteiger charge is 2.16. The maximum absolute atomic E-state index is 4.51. The highest BCUT2D eigenvalue weighted by Crippen LogP contribution is 2.23. The molecule has 104 valence electrons. The van der Waals surface area contributed by atoms with E-state index in [0.717, 1.165) is 12.2 Å². The third kappa shape index (κ3) is 2.98. The van der Waals surface area contributed by atoms with Crippen molar-refractivity contribution in [3.8, 4) is 0 Å². The number of nitrogens with one attached hydrogen (secondary N) is 1. The van der Waals surface area contributed by atoms with Crippen molar-refractivity contribution in [3.63, 3.8) is 0 Å². The van der Waals surface area contributed by atoms with Gasteiger partial charge in [-0.2, -0.15) is 5.10 Å². The number of aryl methyl sites for hydroxylation is 2. The molecule has 19 heavy (non-hydrogen) atoms. The van der Waals surface area contributed by atoms with Gasteiger partial charge in [0.1, 0.15) is 5.82 Å². The van der Waals surface area contributed by atoms with E-state index < -0.39 is 0 Å². The molecule has 1 N–H and O–H groups in total. The Bertz CT molecular complexity index is 528. The zero-order valence-electron chi connectivity index (χ0n) is 12.3. The van der Waals surface area contributed by atoms with Gasteiger partial charge in [-0.05, 0) is 25.3 Å². The van der Waals surface area contributed by atoms with E-state index in [1.165, 1.54) is 16.3 Å². The maximum Gasteiger partial charge on any atom is 0.130 e. The van der Waals surface area contributed by atoms with Crippen LogP contribution in [0.4, 0.5) is 5.82 Å². The summed E-state index contributed by atoms with van der Waals surface area (Å²) in [6.45, 7) is 5.11. The number of aromatic nitrogens is 2. The molecule has 1 unspecified atom stereocenters. The molecule has 0 aliphatic carbocycles. The number of thiophene rings is 1. The fourth-order valence-electron chi connectivity index (χ4n) is 2.35. The van der Waals surface area contributed by atoms with Crippen LogP contribution in [0.15, 0.2) is 17.5 Å². The molecule has 0 saturated heterocycles. The van der Waals surface area contributed by atoms with Gasteiger partial charge >= 0.3 is 0 Å². The number of anilines is 1. The summed E-state index contributed by atoms with van der Waals surface area (Å²) in [4.78, 5) is 3.49. The molecule has 0 aromatic carbocycles. The smallest absolute Gasteiger partial charge is 0.130 e. The molecule has 4 nitrogen and oxygen atoms in total. The molecule has 0 amide bonds. The molecule has 0 bridgehead atoms. The topological polar surface area (TPSA) is 33.1 Å². The molecular formula is C14H22N4S. The van der Waals surface area contributed by atoms with Crippen LogP contribution in [-0.2, 0) is 13.6 Å². The van der Waals surface area contributed by atoms with Crippen molar-refractivity contribution in [1.29, 1.82) is 0 Å². The molecule has 2 heterocycles. The monoisotopic (exact) mass is 278 g/mol. The lowest BCUT2D eigenvalue weighted by Gasteiger charge is -2.17. The summed E-state index contributed by atoms with van der Waals surface area (Å²) in [5, 5.41) is 10.2. The zero-order chi connectivity index (χ0) is 14.0. The van der Waals surface area contributed by atoms with Gasteiger partial charge in [0.15, 0.2) is 0 Å². The SMILES string of the molecule is Cc1nn(C)c(N(C)C)c1CNC(C)c1cccs1. The van der Waals surface area contributed by atoms with Crippen LogP contribution >= 0.6 is 11.3 Å². The average molecular weight is 278 g/mol. The molecule has 2 rings (SSSR count). The van der Waals surface area contributed by atoms with Crippen LogP contribution in [0.1, 0.15) is 29.1 Å². The minimum atomic E-state index is 0.370. The van der Waals surface area contributed by atoms with E-state index in [1.807, 2.05) is 11.7 Å². The summed E-state index contributed by atoms with van der Waals surface area (Å²) in [6.07, 6.45) is 0. The quantitative estimate of drug-likeness (QED) is 0.913. The van der Waals surface area contributed by atoms with Gasteiger partial charge in [-0.15, -0.1) is 11.3 Å². The molecule has 1 atom stereocenters. The third-order valence-electron chi connectivity index (χ3n) is 3.29. The zero-order valence-corrected chi connectivity index (χ0v) is 13.1. The van der Waals surface area contributed by atoms with Crippen molar-refractivity contribution in [2.75, 3.05) is 19.0 Å². The minimum absolute atomic E-state index is 0.370. The van der Waals surface area contributed by atoms with Crippen LogP contribution in [0.3, 0.4) is 0 Å². The predicted octanol–water partition coefficient (Wildman–Crippen LogP) is 2.71. The number of rotatable bonds is 5. The number of nitrogens with zero attached hydrogens (tertiary/aromatic N) is 3. The van der Waals surface area contributed by atoms with E-state index >= 15 is 0 Å². The van der Waals surface area contributed by atoms with Gasteiger partial charge in [-0.25, -0.2) is 0 Å². The van der Waals surface area contributed by atoms with E-state index in [0.29, 0.717) is 6.04 Å². The molecular weight excluding hydrogens is 256 g/mol. The first kappa shape index (κ1) is 14.1. The summed E-state index contributed by atoms with van der Waals surface area (Å²) in [5.41, 5.74) is 2.37. The Balaban J connectivity index is 2.11. The fourth-order valence-corrected chi connectivity index (χ4v) is 3.11. The van der Waals surface area contributed by atoms with Crippen molar-refractivity contribution in [2.24, 2.45) is 7.05 Å². The fraction of sp³-hybridized carbons (Fsp3) is 0.500. The summed E-state index contributed by atoms with van der Waals surface area (Å²) < 4.78 is 1.95. The second-order valence-electron chi connectivity index (χ2n) is 5.02. The van der Waals surface area contributed by atoms with Crippen molar-refractivity contribution in [3.05, 3.63) is 33.6 Å². The second kappa shape index (κ2) is 5.75. The maximum atomic E-state index is 4.51. The second-order valence-corrected chi connectivity index (χ2v) is 6.00. The van der Waals surface area contributed by atoms with Crippen molar-refractivity contribution >= 4 is 17.2 Å². The molecule has 0 radical (unpaired) electrons. The largest absolute Gasteiger partial charge is 0.363 e. The van der Waals surface area contributed by atoms with Crippen LogP contribution in [-0.4, -0.2) is 23.9 Å². The van der Waals surface area contributed by atoms with Gasteiger partial charge < -0.3 is 10.2 Å². The van der Waals surface area contributed by atoms with Crippen molar-refractivity contribution < 1.29 is 0 Å². The van der Waals surface area contributed by atoms with E-state index in [9.17, 15) is 0 Å². The van der Waals surface area contributed by atoms with Gasteiger partial charge in [-0.1, -0.05) is 6.07 Å². The van der Waals surface area contributed by atoms with Crippen LogP contribution < -0.4 is 10.2 Å². The summed E-state index contributed by atoms with van der Waals surface area (Å²) in [5.74, 6) is 1.17. The van der Waals surface area contributed by atoms with Gasteiger partial charge in [-0.3, -0.25) is 4.68 Å². The highest BCUT2D eigenvalue weighted by molar-refractivity contribution is 7.10. The lowest BCUT2D eigenvalue weighted by Crippen LogP contribution is -2.20. The number of hydrogen-bond acceptors (Lipinski definition) is 4. The summed E-state index contributed by atoms with van der Waals surface area (Å²) >= 11 is 1.79. The molecule has 0 fully saturated rings. The minimum Gasteiger partial charge on any atom is -0.363 e. The Labute approximate surface area is 119 Å². The molecule has 0 saturated carbocycles. The average Bonchev–Trinajstić information content (AvgIpc) is 2.94. The standard InChI is InChI=1S/C14H22N4S/c1-10-12(14(17(3)4)18(5)16-10)9-15-11(2)13-7-6-8-19-13/h6-8,11,15H,9H2,1-5H3. The molecule has 2 aromatic rings. The molecule has 0 aliphatic rings. The molecule has 0 spiro atoms. The normalized spacial score (nSPS) is 12.7. The summed E-state index contributed by atoms with van der Waals surface area (Å²) in [6, 6.07) is 4.64. The highest BCUT2D eigenvalue weighted by atomic mass is 32.1. The van der Waals surface area contributed by atoms with Crippen molar-refractivity contribution in [1.82, 2.24) is 15.1 Å². The Hall–Kier alpha value is -1.33. The lowest BCUT2D eigenvalue weighted by atomic mass is 10.2. The predicted molar refractivity (Wildman–Crippen MR) is 81.8 cm³/mol. The van der Waals surface area contributed by atoms with Gasteiger partial charge in [0.05, 0.1) is 5.69 Å². The van der Waals surface area contributed by atoms with Crippen molar-refractivity contribution in [2.45, 2.75) is 26.4 Å². The molecule has 2 aromatic heterocycles. The van der Waals surface area contributed by atoms with E-state index in [2.05, 4.69) is 60.8 Å². The van der Waals surface area contributed by atoms with E-state index in [-0.39, 0.29) is 0 Å². The first-order chi connectivity index (χ1) is 9.00. The van der Waals surface area contributed by atoms with Crippen LogP contribution in [0, 0.1) is 6.92 Å². The van der Waals surface area contributed by atoms with Gasteiger partial charge in [0.25, 0.3) is 0 Å². The number of hydrogen-bond donors (Lipinski definition) is 1. The van der Waals surface area contributed by atoms with Gasteiger partial charge in [0, 0.05) is 44.2 Å². The van der Waals surface area contributed by atoms with Crippen LogP contribution in [0.25, 0.3) is 0 Å². The van der Waals surface area contributed by atoms with Crippen LogP contribution in [0.5, 0.6) is 0 Å². The Morgan fingerprint density at radius 3 is 2.79 bits per heavy atom.